The fraction of sp³-hybridized carbons (Fsp3) is 0.471. The van der Waals surface area contributed by atoms with Crippen molar-refractivity contribution in [3.05, 3.63) is 45.6 Å². The molecule has 3 heterocycles. The van der Waals surface area contributed by atoms with E-state index in [9.17, 15) is 13.2 Å². The van der Waals surface area contributed by atoms with E-state index in [1.165, 1.54) is 6.07 Å². The number of hydrogen-bond acceptors (Lipinski definition) is 4. The smallest absolute Gasteiger partial charge is 0.351 e. The van der Waals surface area contributed by atoms with Crippen molar-refractivity contribution >= 4 is 17.4 Å². The normalized spacial score (nSPS) is 16.7. The van der Waals surface area contributed by atoms with Crippen LogP contribution in [-0.4, -0.2) is 21.5 Å². The van der Waals surface area contributed by atoms with Crippen molar-refractivity contribution in [3.63, 3.8) is 0 Å². The quantitative estimate of drug-likeness (QED) is 0.695. The Bertz CT molecular complexity index is 833. The number of nitrogens with zero attached hydrogens (tertiary/aromatic N) is 4. The number of halogens is 4. The van der Waals surface area contributed by atoms with Crippen LogP contribution >= 0.6 is 11.6 Å². The van der Waals surface area contributed by atoms with Crippen LogP contribution in [0.4, 0.5) is 19.0 Å². The van der Waals surface area contributed by atoms with Gasteiger partial charge in [-0.3, -0.25) is 4.98 Å². The van der Waals surface area contributed by atoms with Gasteiger partial charge in [-0.2, -0.15) is 13.2 Å². The Hall–Kier alpha value is -1.89. The zero-order chi connectivity index (χ0) is 18.6. The summed E-state index contributed by atoms with van der Waals surface area (Å²) in [5.41, 5.74) is 0.795. The van der Waals surface area contributed by atoms with Crippen LogP contribution in [0.15, 0.2) is 12.3 Å². The van der Waals surface area contributed by atoms with Gasteiger partial charge in [0.25, 0.3) is 0 Å². The van der Waals surface area contributed by atoms with Crippen molar-refractivity contribution in [1.29, 1.82) is 0 Å². The summed E-state index contributed by atoms with van der Waals surface area (Å²) in [5, 5.41) is 0.355. The molecule has 0 N–H and O–H groups in total. The molecule has 0 saturated carbocycles. The summed E-state index contributed by atoms with van der Waals surface area (Å²) in [6.07, 6.45) is -3.51. The van der Waals surface area contributed by atoms with E-state index >= 15 is 0 Å². The molecule has 0 aliphatic carbocycles. The molecule has 0 aromatic carbocycles. The van der Waals surface area contributed by atoms with Crippen molar-refractivity contribution in [2.24, 2.45) is 0 Å². The predicted octanol–water partition coefficient (Wildman–Crippen LogP) is 4.46. The van der Waals surface area contributed by atoms with Gasteiger partial charge < -0.3 is 4.90 Å². The third-order valence-corrected chi connectivity index (χ3v) is 4.72. The second-order valence-corrected chi connectivity index (χ2v) is 7.34. The topological polar surface area (TPSA) is 41.9 Å². The summed E-state index contributed by atoms with van der Waals surface area (Å²) in [7, 11) is 0. The molecule has 134 valence electrons. The molecule has 25 heavy (non-hydrogen) atoms. The zero-order valence-electron chi connectivity index (χ0n) is 14.4. The fourth-order valence-electron chi connectivity index (χ4n) is 3.25. The Morgan fingerprint density at radius 3 is 2.52 bits per heavy atom. The van der Waals surface area contributed by atoms with Crippen molar-refractivity contribution in [3.8, 4) is 0 Å². The molecule has 0 unspecified atom stereocenters. The summed E-state index contributed by atoms with van der Waals surface area (Å²) >= 11 is 6.16. The number of hydrogen-bond donors (Lipinski definition) is 0. The number of pyridine rings is 1. The first kappa shape index (κ1) is 17.9. The van der Waals surface area contributed by atoms with Crippen LogP contribution in [-0.2, 0) is 18.1 Å². The minimum Gasteiger partial charge on any atom is -0.351 e. The molecule has 3 rings (SSSR count). The number of alkyl halides is 3. The first-order chi connectivity index (χ1) is 11.5. The van der Waals surface area contributed by atoms with Crippen LogP contribution in [0.2, 0.25) is 5.15 Å². The predicted molar refractivity (Wildman–Crippen MR) is 89.8 cm³/mol. The highest BCUT2D eigenvalue weighted by molar-refractivity contribution is 6.30. The molecule has 0 bridgehead atoms. The van der Waals surface area contributed by atoms with Crippen LogP contribution in [0.25, 0.3) is 0 Å². The number of fused-ring (bicyclic) bond motifs is 1. The van der Waals surface area contributed by atoms with Gasteiger partial charge in [0.1, 0.15) is 16.8 Å². The SMILES string of the molecule is Cc1nc(Cl)c(C)c(N2Cc3cc(C(F)(F)F)cnc3C(C)(C)C2)n1. The van der Waals surface area contributed by atoms with Crippen LogP contribution in [0, 0.1) is 13.8 Å². The lowest BCUT2D eigenvalue weighted by molar-refractivity contribution is -0.137. The van der Waals surface area contributed by atoms with Gasteiger partial charge in [0.2, 0.25) is 0 Å². The lowest BCUT2D eigenvalue weighted by Gasteiger charge is -2.40. The van der Waals surface area contributed by atoms with Gasteiger partial charge >= 0.3 is 6.18 Å². The van der Waals surface area contributed by atoms with Crippen LogP contribution in [0.1, 0.15) is 42.1 Å². The molecule has 0 fully saturated rings. The molecule has 8 heteroatoms. The highest BCUT2D eigenvalue weighted by Gasteiger charge is 2.38. The van der Waals surface area contributed by atoms with Gasteiger partial charge in [-0.15, -0.1) is 0 Å². The summed E-state index contributed by atoms with van der Waals surface area (Å²) in [6.45, 7) is 8.34. The average molecular weight is 371 g/mol. The first-order valence-corrected chi connectivity index (χ1v) is 8.19. The molecule has 0 atom stereocenters. The molecule has 1 aliphatic heterocycles. The summed E-state index contributed by atoms with van der Waals surface area (Å²) in [4.78, 5) is 14.6. The standard InChI is InChI=1S/C17H18ClF3N4/c1-9-14(18)23-10(2)24-15(9)25-7-11-5-12(17(19,20)21)6-22-13(11)16(3,4)8-25/h5-6H,7-8H2,1-4H3. The Labute approximate surface area is 149 Å². The van der Waals surface area contributed by atoms with Gasteiger partial charge in [0.15, 0.2) is 0 Å². The monoisotopic (exact) mass is 370 g/mol. The highest BCUT2D eigenvalue weighted by atomic mass is 35.5. The van der Waals surface area contributed by atoms with Crippen molar-refractivity contribution in [2.45, 2.75) is 45.8 Å². The molecule has 0 radical (unpaired) electrons. The third kappa shape index (κ3) is 3.29. The minimum atomic E-state index is -4.42. The third-order valence-electron chi connectivity index (χ3n) is 4.35. The maximum atomic E-state index is 13.0. The van der Waals surface area contributed by atoms with Gasteiger partial charge in [-0.05, 0) is 25.5 Å². The molecule has 4 nitrogen and oxygen atoms in total. The Morgan fingerprint density at radius 2 is 1.88 bits per heavy atom. The number of anilines is 1. The van der Waals surface area contributed by atoms with E-state index in [0.29, 0.717) is 46.7 Å². The summed E-state index contributed by atoms with van der Waals surface area (Å²) in [6, 6.07) is 1.18. The molecule has 0 amide bonds. The molecule has 2 aromatic heterocycles. The maximum absolute atomic E-state index is 13.0. The van der Waals surface area contributed by atoms with Gasteiger partial charge in [-0.1, -0.05) is 25.4 Å². The van der Waals surface area contributed by atoms with E-state index in [1.54, 1.807) is 6.92 Å². The van der Waals surface area contributed by atoms with E-state index in [0.717, 1.165) is 6.20 Å². The van der Waals surface area contributed by atoms with Crippen molar-refractivity contribution in [1.82, 2.24) is 15.0 Å². The number of rotatable bonds is 1. The molecular weight excluding hydrogens is 353 g/mol. The van der Waals surface area contributed by atoms with Gasteiger partial charge in [0, 0.05) is 30.3 Å². The highest BCUT2D eigenvalue weighted by Crippen LogP contribution is 2.38. The second kappa shape index (κ2) is 5.83. The second-order valence-electron chi connectivity index (χ2n) is 6.98. The van der Waals surface area contributed by atoms with Gasteiger partial charge in [-0.25, -0.2) is 9.97 Å². The lowest BCUT2D eigenvalue weighted by Crippen LogP contribution is -2.43. The zero-order valence-corrected chi connectivity index (χ0v) is 15.1. The molecule has 1 aliphatic rings. The van der Waals surface area contributed by atoms with E-state index in [1.807, 2.05) is 25.7 Å². The Kier molecular flexibility index (Phi) is 4.18. The number of aromatic nitrogens is 3. The lowest BCUT2D eigenvalue weighted by atomic mass is 9.81. The Balaban J connectivity index is 2.09. The van der Waals surface area contributed by atoms with E-state index in [-0.39, 0.29) is 0 Å². The fourth-order valence-corrected chi connectivity index (χ4v) is 3.45. The van der Waals surface area contributed by atoms with Gasteiger partial charge in [0.05, 0.1) is 11.3 Å². The number of aryl methyl sites for hydroxylation is 1. The Morgan fingerprint density at radius 1 is 1.20 bits per heavy atom. The molecule has 0 saturated heterocycles. The molecule has 2 aromatic rings. The summed E-state index contributed by atoms with van der Waals surface area (Å²) in [5.74, 6) is 1.17. The van der Waals surface area contributed by atoms with E-state index < -0.39 is 17.2 Å². The van der Waals surface area contributed by atoms with E-state index in [2.05, 4.69) is 15.0 Å². The first-order valence-electron chi connectivity index (χ1n) is 7.81. The summed E-state index contributed by atoms with van der Waals surface area (Å²) < 4.78 is 39.1. The van der Waals surface area contributed by atoms with Crippen molar-refractivity contribution in [2.75, 3.05) is 11.4 Å². The van der Waals surface area contributed by atoms with Crippen LogP contribution < -0.4 is 4.90 Å². The molecular formula is C17H18ClF3N4. The largest absolute Gasteiger partial charge is 0.417 e. The average Bonchev–Trinajstić information content (AvgIpc) is 2.48. The minimum absolute atomic E-state index is 0.295. The van der Waals surface area contributed by atoms with E-state index in [4.69, 9.17) is 11.6 Å². The van der Waals surface area contributed by atoms with Crippen LogP contribution in [0.3, 0.4) is 0 Å². The van der Waals surface area contributed by atoms with Crippen molar-refractivity contribution < 1.29 is 13.2 Å². The van der Waals surface area contributed by atoms with Crippen LogP contribution in [0.5, 0.6) is 0 Å². The maximum Gasteiger partial charge on any atom is 0.417 e. The molecule has 0 spiro atoms.